The monoisotopic (exact) mass is 402 g/mol. The van der Waals surface area contributed by atoms with Gasteiger partial charge in [-0.2, -0.15) is 4.31 Å². The van der Waals surface area contributed by atoms with E-state index in [0.29, 0.717) is 37.3 Å². The Kier molecular flexibility index (Phi) is 6.33. The second-order valence-electron chi connectivity index (χ2n) is 6.83. The Bertz CT molecular complexity index is 938. The molecule has 28 heavy (non-hydrogen) atoms. The first-order valence-corrected chi connectivity index (χ1v) is 10.7. The van der Waals surface area contributed by atoms with Crippen LogP contribution in [0.25, 0.3) is 0 Å². The minimum atomic E-state index is -3.59. The number of nitrogens with zero attached hydrogens (tertiary/aromatic N) is 2. The topological polar surface area (TPSA) is 81.8 Å². The summed E-state index contributed by atoms with van der Waals surface area (Å²) in [5.41, 5.74) is 1.94. The molecule has 1 aliphatic rings. The highest BCUT2D eigenvalue weighted by molar-refractivity contribution is 7.89. The van der Waals surface area contributed by atoms with Crippen molar-refractivity contribution in [2.75, 3.05) is 45.6 Å². The highest BCUT2D eigenvalue weighted by Gasteiger charge is 2.29. The maximum absolute atomic E-state index is 13.1. The molecule has 1 aliphatic heterocycles. The number of amides is 1. The van der Waals surface area contributed by atoms with Crippen molar-refractivity contribution >= 4 is 21.6 Å². The summed E-state index contributed by atoms with van der Waals surface area (Å²) in [5.74, 6) is -0.246. The quantitative estimate of drug-likeness (QED) is 0.767. The number of carbonyl (C=O) groups is 1. The van der Waals surface area contributed by atoms with Crippen LogP contribution < -0.4 is 10.6 Å². The molecule has 150 valence electrons. The lowest BCUT2D eigenvalue weighted by Gasteiger charge is -2.32. The smallest absolute Gasteiger partial charge is 0.251 e. The first-order chi connectivity index (χ1) is 13.4. The van der Waals surface area contributed by atoms with Gasteiger partial charge in [-0.15, -0.1) is 0 Å². The SMILES string of the molecule is CNc1cccc(C(=O)NCc2ccccc2S(=O)(=O)N2CCN(C)CC2)c1. The number of likely N-dealkylation sites (N-methyl/N-ethyl adjacent to an activating group) is 1. The zero-order chi connectivity index (χ0) is 20.1. The highest BCUT2D eigenvalue weighted by Crippen LogP contribution is 2.21. The van der Waals surface area contributed by atoms with Gasteiger partial charge < -0.3 is 15.5 Å². The average molecular weight is 403 g/mol. The molecule has 1 heterocycles. The number of nitrogens with one attached hydrogen (secondary N) is 2. The summed E-state index contributed by atoms with van der Waals surface area (Å²) in [4.78, 5) is 14.8. The molecule has 0 atom stereocenters. The van der Waals surface area contributed by atoms with E-state index in [2.05, 4.69) is 15.5 Å². The van der Waals surface area contributed by atoms with E-state index in [1.165, 1.54) is 4.31 Å². The van der Waals surface area contributed by atoms with Crippen LogP contribution in [0, 0.1) is 0 Å². The fraction of sp³-hybridized carbons (Fsp3) is 0.350. The number of piperazine rings is 1. The summed E-state index contributed by atoms with van der Waals surface area (Å²) in [7, 11) is 0.177. The van der Waals surface area contributed by atoms with Gasteiger partial charge in [0.1, 0.15) is 0 Å². The Morgan fingerprint density at radius 3 is 2.46 bits per heavy atom. The van der Waals surface area contributed by atoms with Gasteiger partial charge >= 0.3 is 0 Å². The summed E-state index contributed by atoms with van der Waals surface area (Å²) in [6, 6.07) is 14.0. The summed E-state index contributed by atoms with van der Waals surface area (Å²) in [5, 5.41) is 5.83. The van der Waals surface area contributed by atoms with Gasteiger partial charge in [0.25, 0.3) is 5.91 Å². The first kappa shape index (κ1) is 20.3. The molecule has 1 amide bonds. The standard InChI is InChI=1S/C20H26N4O3S/c1-21-18-8-5-7-16(14-18)20(25)22-15-17-6-3-4-9-19(17)28(26,27)24-12-10-23(2)11-13-24/h3-9,14,21H,10-13,15H2,1-2H3,(H,22,25). The zero-order valence-corrected chi connectivity index (χ0v) is 17.0. The summed E-state index contributed by atoms with van der Waals surface area (Å²) < 4.78 is 27.7. The van der Waals surface area contributed by atoms with Crippen LogP contribution >= 0.6 is 0 Å². The predicted octanol–water partition coefficient (Wildman–Crippen LogP) is 1.59. The molecule has 0 aromatic heterocycles. The molecule has 0 aliphatic carbocycles. The van der Waals surface area contributed by atoms with Crippen molar-refractivity contribution in [2.24, 2.45) is 0 Å². The van der Waals surface area contributed by atoms with Crippen molar-refractivity contribution in [3.8, 4) is 0 Å². The van der Waals surface area contributed by atoms with Crippen LogP contribution in [-0.4, -0.2) is 63.8 Å². The maximum atomic E-state index is 13.1. The Hall–Kier alpha value is -2.42. The molecule has 1 saturated heterocycles. The lowest BCUT2D eigenvalue weighted by atomic mass is 10.1. The largest absolute Gasteiger partial charge is 0.388 e. The molecule has 2 N–H and O–H groups in total. The maximum Gasteiger partial charge on any atom is 0.251 e. The van der Waals surface area contributed by atoms with Gasteiger partial charge in [-0.1, -0.05) is 24.3 Å². The predicted molar refractivity (Wildman–Crippen MR) is 110 cm³/mol. The van der Waals surface area contributed by atoms with E-state index in [-0.39, 0.29) is 17.3 Å². The fourth-order valence-corrected chi connectivity index (χ4v) is 4.81. The second-order valence-corrected chi connectivity index (χ2v) is 8.73. The van der Waals surface area contributed by atoms with Crippen LogP contribution in [0.3, 0.4) is 0 Å². The third-order valence-electron chi connectivity index (χ3n) is 4.91. The van der Waals surface area contributed by atoms with E-state index in [0.717, 1.165) is 5.69 Å². The van der Waals surface area contributed by atoms with Crippen molar-refractivity contribution in [2.45, 2.75) is 11.4 Å². The number of carbonyl (C=O) groups excluding carboxylic acids is 1. The van der Waals surface area contributed by atoms with Crippen molar-refractivity contribution in [1.82, 2.24) is 14.5 Å². The van der Waals surface area contributed by atoms with Crippen molar-refractivity contribution < 1.29 is 13.2 Å². The van der Waals surface area contributed by atoms with Gasteiger partial charge in [-0.25, -0.2) is 8.42 Å². The number of sulfonamides is 1. The van der Waals surface area contributed by atoms with Crippen LogP contribution in [0.2, 0.25) is 0 Å². The van der Waals surface area contributed by atoms with E-state index >= 15 is 0 Å². The average Bonchev–Trinajstić information content (AvgIpc) is 2.72. The third kappa shape index (κ3) is 4.52. The molecule has 8 heteroatoms. The van der Waals surface area contributed by atoms with Crippen LogP contribution in [0.5, 0.6) is 0 Å². The van der Waals surface area contributed by atoms with Gasteiger partial charge in [0.05, 0.1) is 4.90 Å². The second kappa shape index (κ2) is 8.72. The Balaban J connectivity index is 1.76. The minimum Gasteiger partial charge on any atom is -0.388 e. The summed E-state index contributed by atoms with van der Waals surface area (Å²) in [6.45, 7) is 2.50. The Morgan fingerprint density at radius 2 is 1.75 bits per heavy atom. The van der Waals surface area contributed by atoms with Gasteiger partial charge in [0, 0.05) is 51.0 Å². The number of rotatable bonds is 6. The van der Waals surface area contributed by atoms with E-state index in [9.17, 15) is 13.2 Å². The molecule has 2 aromatic rings. The molecule has 0 saturated carbocycles. The van der Waals surface area contributed by atoms with Crippen LogP contribution in [0.1, 0.15) is 15.9 Å². The normalized spacial score (nSPS) is 15.9. The summed E-state index contributed by atoms with van der Waals surface area (Å²) in [6.07, 6.45) is 0. The van der Waals surface area contributed by atoms with Gasteiger partial charge in [-0.05, 0) is 36.9 Å². The van der Waals surface area contributed by atoms with E-state index < -0.39 is 10.0 Å². The van der Waals surface area contributed by atoms with Gasteiger partial charge in [-0.3, -0.25) is 4.79 Å². The van der Waals surface area contributed by atoms with E-state index in [1.54, 1.807) is 49.5 Å². The minimum absolute atomic E-state index is 0.145. The van der Waals surface area contributed by atoms with Crippen LogP contribution in [-0.2, 0) is 16.6 Å². The van der Waals surface area contributed by atoms with Crippen molar-refractivity contribution in [1.29, 1.82) is 0 Å². The molecule has 2 aromatic carbocycles. The van der Waals surface area contributed by atoms with Crippen LogP contribution in [0.15, 0.2) is 53.4 Å². The molecule has 7 nitrogen and oxygen atoms in total. The Labute approximate surface area is 166 Å². The lowest BCUT2D eigenvalue weighted by Crippen LogP contribution is -2.47. The zero-order valence-electron chi connectivity index (χ0n) is 16.2. The molecule has 0 unspecified atom stereocenters. The molecule has 1 fully saturated rings. The number of hydrogen-bond acceptors (Lipinski definition) is 5. The molecular formula is C20H26N4O3S. The molecular weight excluding hydrogens is 376 g/mol. The van der Waals surface area contributed by atoms with Gasteiger partial charge in [0.2, 0.25) is 10.0 Å². The number of benzene rings is 2. The van der Waals surface area contributed by atoms with Crippen LogP contribution in [0.4, 0.5) is 5.69 Å². The van der Waals surface area contributed by atoms with E-state index in [4.69, 9.17) is 0 Å². The third-order valence-corrected chi connectivity index (χ3v) is 6.90. The molecule has 3 rings (SSSR count). The summed E-state index contributed by atoms with van der Waals surface area (Å²) >= 11 is 0. The molecule has 0 radical (unpaired) electrons. The molecule has 0 spiro atoms. The highest BCUT2D eigenvalue weighted by atomic mass is 32.2. The first-order valence-electron chi connectivity index (χ1n) is 9.24. The van der Waals surface area contributed by atoms with E-state index in [1.807, 2.05) is 13.1 Å². The van der Waals surface area contributed by atoms with Gasteiger partial charge in [0.15, 0.2) is 0 Å². The molecule has 0 bridgehead atoms. The number of anilines is 1. The van der Waals surface area contributed by atoms with Crippen molar-refractivity contribution in [3.05, 3.63) is 59.7 Å². The fourth-order valence-electron chi connectivity index (χ4n) is 3.16. The number of hydrogen-bond donors (Lipinski definition) is 2. The lowest BCUT2D eigenvalue weighted by molar-refractivity contribution is 0.0950. The Morgan fingerprint density at radius 1 is 1.04 bits per heavy atom. The van der Waals surface area contributed by atoms with Crippen molar-refractivity contribution in [3.63, 3.8) is 0 Å².